The highest BCUT2D eigenvalue weighted by Gasteiger charge is 2.33. The Kier molecular flexibility index (Phi) is 4.04. The van der Waals surface area contributed by atoms with E-state index in [1.54, 1.807) is 0 Å². The largest absolute Gasteiger partial charge is 0.494 e. The Bertz CT molecular complexity index is 626. The summed E-state index contributed by atoms with van der Waals surface area (Å²) in [4.78, 5) is 0. The zero-order chi connectivity index (χ0) is 14.1. The third-order valence-electron chi connectivity index (χ3n) is 3.83. The molecule has 1 aliphatic rings. The summed E-state index contributed by atoms with van der Waals surface area (Å²) < 4.78 is 6.53. The molecule has 0 fully saturated rings. The molecular formula is C17H16BrClO. The SMILES string of the molecule is CCOc1ccc(C(Cl)C2Cc3ccccc32)c(Br)c1. The predicted molar refractivity (Wildman–Crippen MR) is 86.8 cm³/mol. The molecule has 1 aliphatic carbocycles. The Labute approximate surface area is 133 Å². The van der Waals surface area contributed by atoms with Gasteiger partial charge in [0.2, 0.25) is 0 Å². The molecule has 0 aromatic heterocycles. The maximum Gasteiger partial charge on any atom is 0.120 e. The molecule has 0 bridgehead atoms. The highest BCUT2D eigenvalue weighted by atomic mass is 79.9. The van der Waals surface area contributed by atoms with Crippen LogP contribution in [0.2, 0.25) is 0 Å². The molecule has 0 amide bonds. The maximum atomic E-state index is 6.70. The molecule has 0 spiro atoms. The number of halogens is 2. The van der Waals surface area contributed by atoms with Gasteiger partial charge in [0.25, 0.3) is 0 Å². The summed E-state index contributed by atoms with van der Waals surface area (Å²) in [6.45, 7) is 2.66. The second-order valence-corrected chi connectivity index (χ2v) is 6.35. The highest BCUT2D eigenvalue weighted by molar-refractivity contribution is 9.10. The van der Waals surface area contributed by atoms with Crippen LogP contribution in [0.3, 0.4) is 0 Å². The third kappa shape index (κ3) is 2.47. The van der Waals surface area contributed by atoms with E-state index in [-0.39, 0.29) is 5.38 Å². The summed E-state index contributed by atoms with van der Waals surface area (Å²) in [5.74, 6) is 1.28. The number of ether oxygens (including phenoxy) is 1. The second kappa shape index (κ2) is 5.79. The van der Waals surface area contributed by atoms with Crippen molar-refractivity contribution in [1.82, 2.24) is 0 Å². The molecule has 0 saturated carbocycles. The molecule has 104 valence electrons. The Morgan fingerprint density at radius 1 is 1.30 bits per heavy atom. The second-order valence-electron chi connectivity index (χ2n) is 5.03. The van der Waals surface area contributed by atoms with Crippen molar-refractivity contribution in [2.75, 3.05) is 6.61 Å². The minimum absolute atomic E-state index is 0.00467. The maximum absolute atomic E-state index is 6.70. The van der Waals surface area contributed by atoms with Crippen molar-refractivity contribution in [2.24, 2.45) is 0 Å². The van der Waals surface area contributed by atoms with Gasteiger partial charge in [0.05, 0.1) is 12.0 Å². The lowest BCUT2D eigenvalue weighted by atomic mass is 9.74. The van der Waals surface area contributed by atoms with Crippen molar-refractivity contribution in [3.63, 3.8) is 0 Å². The Balaban J connectivity index is 1.84. The first-order valence-corrected chi connectivity index (χ1v) is 8.07. The topological polar surface area (TPSA) is 9.23 Å². The van der Waals surface area contributed by atoms with Crippen LogP contribution in [0, 0.1) is 0 Å². The summed E-state index contributed by atoms with van der Waals surface area (Å²) >= 11 is 10.3. The van der Waals surface area contributed by atoms with E-state index in [9.17, 15) is 0 Å². The molecule has 2 aromatic carbocycles. The van der Waals surface area contributed by atoms with E-state index in [0.717, 1.165) is 22.2 Å². The number of hydrogen-bond acceptors (Lipinski definition) is 1. The van der Waals surface area contributed by atoms with Crippen LogP contribution in [0.5, 0.6) is 5.75 Å². The van der Waals surface area contributed by atoms with Crippen LogP contribution in [0.15, 0.2) is 46.9 Å². The Morgan fingerprint density at radius 2 is 2.10 bits per heavy atom. The molecule has 1 nitrogen and oxygen atoms in total. The molecule has 0 heterocycles. The van der Waals surface area contributed by atoms with Gasteiger partial charge in [-0.15, -0.1) is 11.6 Å². The van der Waals surface area contributed by atoms with Gasteiger partial charge in [-0.25, -0.2) is 0 Å². The van der Waals surface area contributed by atoms with Crippen LogP contribution in [-0.4, -0.2) is 6.61 Å². The number of fused-ring (bicyclic) bond motifs is 1. The van der Waals surface area contributed by atoms with Gasteiger partial charge < -0.3 is 4.74 Å². The van der Waals surface area contributed by atoms with Gasteiger partial charge in [0, 0.05) is 10.4 Å². The summed E-state index contributed by atoms with van der Waals surface area (Å²) in [7, 11) is 0. The van der Waals surface area contributed by atoms with Gasteiger partial charge >= 0.3 is 0 Å². The quantitative estimate of drug-likeness (QED) is 0.664. The standard InChI is InChI=1S/C17H16BrClO/c1-2-20-12-7-8-14(16(18)10-12)17(19)15-9-11-5-3-4-6-13(11)15/h3-8,10,15,17H,2,9H2,1H3. The molecule has 3 heteroatoms. The monoisotopic (exact) mass is 350 g/mol. The van der Waals surface area contributed by atoms with Gasteiger partial charge in [-0.1, -0.05) is 46.3 Å². The van der Waals surface area contributed by atoms with E-state index in [4.69, 9.17) is 16.3 Å². The minimum Gasteiger partial charge on any atom is -0.494 e. The molecule has 0 radical (unpaired) electrons. The molecule has 20 heavy (non-hydrogen) atoms. The van der Waals surface area contributed by atoms with Crippen LogP contribution in [0.4, 0.5) is 0 Å². The first-order valence-electron chi connectivity index (χ1n) is 6.84. The molecule has 0 saturated heterocycles. The zero-order valence-corrected chi connectivity index (χ0v) is 13.6. The van der Waals surface area contributed by atoms with E-state index in [1.807, 2.05) is 19.1 Å². The van der Waals surface area contributed by atoms with E-state index < -0.39 is 0 Å². The fourth-order valence-corrected chi connectivity index (χ4v) is 3.91. The molecule has 2 atom stereocenters. The summed E-state index contributed by atoms with van der Waals surface area (Å²) in [6, 6.07) is 14.6. The average molecular weight is 352 g/mol. The first-order chi connectivity index (χ1) is 9.70. The average Bonchev–Trinajstić information content (AvgIpc) is 2.40. The van der Waals surface area contributed by atoms with E-state index in [2.05, 4.69) is 46.3 Å². The Morgan fingerprint density at radius 3 is 2.80 bits per heavy atom. The Hall–Kier alpha value is -0.990. The van der Waals surface area contributed by atoms with Crippen LogP contribution in [0.25, 0.3) is 0 Å². The van der Waals surface area contributed by atoms with Gasteiger partial charge in [-0.2, -0.15) is 0 Å². The summed E-state index contributed by atoms with van der Waals surface area (Å²) in [5, 5.41) is -0.00467. The van der Waals surface area contributed by atoms with Crippen molar-refractivity contribution in [3.05, 3.63) is 63.6 Å². The molecule has 0 aliphatic heterocycles. The van der Waals surface area contributed by atoms with Crippen molar-refractivity contribution >= 4 is 27.5 Å². The summed E-state index contributed by atoms with van der Waals surface area (Å²) in [6.07, 6.45) is 1.06. The van der Waals surface area contributed by atoms with Crippen LogP contribution in [-0.2, 0) is 6.42 Å². The van der Waals surface area contributed by atoms with Crippen LogP contribution >= 0.6 is 27.5 Å². The minimum atomic E-state index is -0.00467. The van der Waals surface area contributed by atoms with Crippen LogP contribution < -0.4 is 4.74 Å². The highest BCUT2D eigenvalue weighted by Crippen LogP contribution is 2.48. The van der Waals surface area contributed by atoms with Crippen molar-refractivity contribution in [1.29, 1.82) is 0 Å². The van der Waals surface area contributed by atoms with Gasteiger partial charge in [-0.3, -0.25) is 0 Å². The van der Waals surface area contributed by atoms with Gasteiger partial charge in [0.15, 0.2) is 0 Å². The molecule has 3 rings (SSSR count). The predicted octanol–water partition coefficient (Wildman–Crippen LogP) is 5.47. The van der Waals surface area contributed by atoms with Crippen LogP contribution in [0.1, 0.15) is 34.9 Å². The number of hydrogen-bond donors (Lipinski definition) is 0. The van der Waals surface area contributed by atoms with E-state index in [1.165, 1.54) is 11.1 Å². The normalized spacial score (nSPS) is 18.1. The fraction of sp³-hybridized carbons (Fsp3) is 0.294. The third-order valence-corrected chi connectivity index (χ3v) is 5.05. The number of alkyl halides is 1. The number of benzene rings is 2. The van der Waals surface area contributed by atoms with Crippen molar-refractivity contribution in [2.45, 2.75) is 24.6 Å². The van der Waals surface area contributed by atoms with E-state index in [0.29, 0.717) is 12.5 Å². The smallest absolute Gasteiger partial charge is 0.120 e. The van der Waals surface area contributed by atoms with E-state index >= 15 is 0 Å². The molecule has 2 unspecified atom stereocenters. The number of rotatable bonds is 4. The molecule has 2 aromatic rings. The molecular weight excluding hydrogens is 336 g/mol. The zero-order valence-electron chi connectivity index (χ0n) is 11.3. The fourth-order valence-electron chi connectivity index (χ4n) is 2.76. The van der Waals surface area contributed by atoms with Crippen molar-refractivity contribution < 1.29 is 4.74 Å². The first kappa shape index (κ1) is 14.0. The van der Waals surface area contributed by atoms with Gasteiger partial charge in [0.1, 0.15) is 5.75 Å². The van der Waals surface area contributed by atoms with Crippen molar-refractivity contribution in [3.8, 4) is 5.75 Å². The lowest BCUT2D eigenvalue weighted by molar-refractivity contribution is 0.340. The van der Waals surface area contributed by atoms with Gasteiger partial charge in [-0.05, 0) is 42.2 Å². The summed E-state index contributed by atoms with van der Waals surface area (Å²) in [5.41, 5.74) is 3.94. The lowest BCUT2D eigenvalue weighted by Gasteiger charge is -2.34. The lowest BCUT2D eigenvalue weighted by Crippen LogP contribution is -2.21. The molecule has 0 N–H and O–H groups in total.